The summed E-state index contributed by atoms with van der Waals surface area (Å²) in [5.41, 5.74) is 9.70. The van der Waals surface area contributed by atoms with E-state index in [2.05, 4.69) is 167 Å². The Bertz CT molecular complexity index is 2440. The highest BCUT2D eigenvalue weighted by atomic mass is 15.0. The molecule has 2 aromatic heterocycles. The van der Waals surface area contributed by atoms with E-state index in [9.17, 15) is 0 Å². The molecule has 7 aromatic carbocycles. The molecule has 0 saturated carbocycles. The Labute approximate surface area is 243 Å². The van der Waals surface area contributed by atoms with Crippen molar-refractivity contribution >= 4 is 54.4 Å². The summed E-state index contributed by atoms with van der Waals surface area (Å²) < 4.78 is 4.86. The van der Waals surface area contributed by atoms with E-state index in [4.69, 9.17) is 0 Å². The molecule has 9 rings (SSSR count). The van der Waals surface area contributed by atoms with Crippen LogP contribution in [0.3, 0.4) is 0 Å². The fourth-order valence-electron chi connectivity index (χ4n) is 6.82. The molecule has 2 heterocycles. The van der Waals surface area contributed by atoms with E-state index in [1.807, 2.05) is 0 Å². The number of benzene rings is 7. The lowest BCUT2D eigenvalue weighted by Gasteiger charge is -2.13. The molecular weight excluding hydrogens is 508 g/mol. The fourth-order valence-corrected chi connectivity index (χ4v) is 6.82. The molecule has 0 aliphatic carbocycles. The molecule has 0 saturated heterocycles. The number of fused-ring (bicyclic) bond motifs is 7. The molecule has 0 fully saturated rings. The standard InChI is InChI=1S/C40H26N2/c1-3-12-27(13-4-1)28-22-23-31-29(24-28)14-11-21-36(31)42-38-20-10-8-18-33(38)35-25-34-32-17-7-9-19-37(32)41(39(34)26-40(35)42)30-15-5-2-6-16-30/h1-26H. The Kier molecular flexibility index (Phi) is 4.93. The molecule has 0 aliphatic rings. The zero-order valence-corrected chi connectivity index (χ0v) is 22.9. The summed E-state index contributed by atoms with van der Waals surface area (Å²) in [5.74, 6) is 0. The molecule has 196 valence electrons. The summed E-state index contributed by atoms with van der Waals surface area (Å²) in [6.45, 7) is 0. The molecule has 2 heteroatoms. The molecule has 0 atom stereocenters. The first-order chi connectivity index (χ1) is 20.8. The predicted molar refractivity (Wildman–Crippen MR) is 178 cm³/mol. The lowest BCUT2D eigenvalue weighted by atomic mass is 10.0. The van der Waals surface area contributed by atoms with Crippen LogP contribution in [0.25, 0.3) is 76.9 Å². The monoisotopic (exact) mass is 534 g/mol. The Hall–Kier alpha value is -5.60. The van der Waals surface area contributed by atoms with Crippen LogP contribution in [0.4, 0.5) is 0 Å². The third-order valence-corrected chi connectivity index (χ3v) is 8.69. The van der Waals surface area contributed by atoms with Crippen LogP contribution in [-0.2, 0) is 0 Å². The van der Waals surface area contributed by atoms with Crippen LogP contribution < -0.4 is 0 Å². The van der Waals surface area contributed by atoms with Crippen LogP contribution in [0.15, 0.2) is 158 Å². The van der Waals surface area contributed by atoms with Crippen molar-refractivity contribution in [1.29, 1.82) is 0 Å². The van der Waals surface area contributed by atoms with Gasteiger partial charge in [-0.3, -0.25) is 0 Å². The maximum absolute atomic E-state index is 2.46. The molecule has 0 aliphatic heterocycles. The highest BCUT2D eigenvalue weighted by molar-refractivity contribution is 6.19. The lowest BCUT2D eigenvalue weighted by Crippen LogP contribution is -1.96. The van der Waals surface area contributed by atoms with Gasteiger partial charge in [0, 0.05) is 32.6 Å². The van der Waals surface area contributed by atoms with E-state index in [0.29, 0.717) is 0 Å². The van der Waals surface area contributed by atoms with Gasteiger partial charge in [0.1, 0.15) is 0 Å². The number of nitrogens with zero attached hydrogens (tertiary/aromatic N) is 2. The van der Waals surface area contributed by atoms with E-state index in [1.165, 1.54) is 76.9 Å². The number of para-hydroxylation sites is 3. The van der Waals surface area contributed by atoms with Gasteiger partial charge in [0.2, 0.25) is 0 Å². The second kappa shape index (κ2) is 8.95. The average molecular weight is 535 g/mol. The molecule has 0 N–H and O–H groups in total. The molecule has 0 unspecified atom stereocenters. The summed E-state index contributed by atoms with van der Waals surface area (Å²) in [5, 5.41) is 7.56. The molecule has 2 nitrogen and oxygen atoms in total. The van der Waals surface area contributed by atoms with Crippen LogP contribution in [0.1, 0.15) is 0 Å². The van der Waals surface area contributed by atoms with Crippen LogP contribution in [-0.4, -0.2) is 9.13 Å². The molecule has 42 heavy (non-hydrogen) atoms. The van der Waals surface area contributed by atoms with Gasteiger partial charge in [-0.05, 0) is 65.0 Å². The zero-order chi connectivity index (χ0) is 27.6. The number of hydrogen-bond acceptors (Lipinski definition) is 0. The van der Waals surface area contributed by atoms with Crippen LogP contribution in [0.2, 0.25) is 0 Å². The molecule has 9 aromatic rings. The summed E-state index contributed by atoms with van der Waals surface area (Å²) in [7, 11) is 0. The smallest absolute Gasteiger partial charge is 0.0562 e. The van der Waals surface area contributed by atoms with Gasteiger partial charge in [0.15, 0.2) is 0 Å². The van der Waals surface area contributed by atoms with Crippen molar-refractivity contribution in [2.45, 2.75) is 0 Å². The quantitative estimate of drug-likeness (QED) is 0.213. The van der Waals surface area contributed by atoms with Gasteiger partial charge in [-0.25, -0.2) is 0 Å². The largest absolute Gasteiger partial charge is 0.309 e. The highest BCUT2D eigenvalue weighted by Crippen LogP contribution is 2.40. The third kappa shape index (κ3) is 3.33. The average Bonchev–Trinajstić information content (AvgIpc) is 3.56. The first-order valence-corrected chi connectivity index (χ1v) is 14.5. The second-order valence-electron chi connectivity index (χ2n) is 11.0. The van der Waals surface area contributed by atoms with Crippen molar-refractivity contribution in [3.05, 3.63) is 158 Å². The summed E-state index contributed by atoms with van der Waals surface area (Å²) >= 11 is 0. The second-order valence-corrected chi connectivity index (χ2v) is 11.0. The normalized spacial score (nSPS) is 11.8. The SMILES string of the molecule is c1ccc(-c2ccc3c(-n4c5ccccc5c5cc6c7ccccc7n(-c7ccccc7)c6cc54)cccc3c2)cc1. The first kappa shape index (κ1) is 23.1. The number of hydrogen-bond donors (Lipinski definition) is 0. The van der Waals surface area contributed by atoms with Gasteiger partial charge < -0.3 is 9.13 Å². The number of aromatic nitrogens is 2. The first-order valence-electron chi connectivity index (χ1n) is 14.5. The minimum atomic E-state index is 1.17. The maximum Gasteiger partial charge on any atom is 0.0562 e. The molecular formula is C40H26N2. The van der Waals surface area contributed by atoms with Gasteiger partial charge in [-0.1, -0.05) is 109 Å². The molecule has 0 radical (unpaired) electrons. The van der Waals surface area contributed by atoms with E-state index >= 15 is 0 Å². The molecule has 0 spiro atoms. The van der Waals surface area contributed by atoms with Gasteiger partial charge in [-0.15, -0.1) is 0 Å². The minimum absolute atomic E-state index is 1.17. The van der Waals surface area contributed by atoms with E-state index in [-0.39, 0.29) is 0 Å². The Morgan fingerprint density at radius 3 is 1.67 bits per heavy atom. The van der Waals surface area contributed by atoms with Crippen LogP contribution >= 0.6 is 0 Å². The Morgan fingerprint density at radius 2 is 0.929 bits per heavy atom. The van der Waals surface area contributed by atoms with Gasteiger partial charge in [0.05, 0.1) is 27.8 Å². The van der Waals surface area contributed by atoms with Crippen molar-refractivity contribution in [2.75, 3.05) is 0 Å². The number of rotatable bonds is 3. The van der Waals surface area contributed by atoms with E-state index in [0.717, 1.165) is 0 Å². The van der Waals surface area contributed by atoms with Gasteiger partial charge in [0.25, 0.3) is 0 Å². The predicted octanol–water partition coefficient (Wildman–Crippen LogP) is 10.7. The van der Waals surface area contributed by atoms with Crippen molar-refractivity contribution in [3.63, 3.8) is 0 Å². The lowest BCUT2D eigenvalue weighted by molar-refractivity contribution is 1.17. The fraction of sp³-hybridized carbons (Fsp3) is 0. The molecule has 0 bridgehead atoms. The molecule has 0 amide bonds. The summed E-state index contributed by atoms with van der Waals surface area (Å²) in [4.78, 5) is 0. The third-order valence-electron chi connectivity index (χ3n) is 8.69. The Balaban J connectivity index is 1.39. The Morgan fingerprint density at radius 1 is 0.310 bits per heavy atom. The van der Waals surface area contributed by atoms with Crippen molar-refractivity contribution in [3.8, 4) is 22.5 Å². The zero-order valence-electron chi connectivity index (χ0n) is 22.9. The summed E-state index contributed by atoms with van der Waals surface area (Å²) in [6.07, 6.45) is 0. The topological polar surface area (TPSA) is 9.86 Å². The van der Waals surface area contributed by atoms with E-state index < -0.39 is 0 Å². The minimum Gasteiger partial charge on any atom is -0.309 e. The van der Waals surface area contributed by atoms with Crippen LogP contribution in [0, 0.1) is 0 Å². The van der Waals surface area contributed by atoms with Crippen molar-refractivity contribution in [1.82, 2.24) is 9.13 Å². The van der Waals surface area contributed by atoms with Crippen LogP contribution in [0.5, 0.6) is 0 Å². The summed E-state index contributed by atoms with van der Waals surface area (Å²) in [6, 6.07) is 57.2. The van der Waals surface area contributed by atoms with E-state index in [1.54, 1.807) is 0 Å². The van der Waals surface area contributed by atoms with Gasteiger partial charge in [-0.2, -0.15) is 0 Å². The van der Waals surface area contributed by atoms with Crippen molar-refractivity contribution in [2.24, 2.45) is 0 Å². The maximum atomic E-state index is 2.46. The highest BCUT2D eigenvalue weighted by Gasteiger charge is 2.19. The van der Waals surface area contributed by atoms with Gasteiger partial charge >= 0.3 is 0 Å². The van der Waals surface area contributed by atoms with Crippen molar-refractivity contribution < 1.29 is 0 Å².